The third-order valence-corrected chi connectivity index (χ3v) is 6.19. The highest BCUT2D eigenvalue weighted by Gasteiger charge is 2.33. The van der Waals surface area contributed by atoms with Gasteiger partial charge in [0, 0.05) is 5.56 Å². The van der Waals surface area contributed by atoms with Gasteiger partial charge in [-0.15, -0.1) is 0 Å². The first-order valence-corrected chi connectivity index (χ1v) is 11.3. The molecule has 0 amide bonds. The maximum atomic E-state index is 13.5. The smallest absolute Gasteiger partial charge is 0.416 e. The molecule has 1 aromatic heterocycles. The van der Waals surface area contributed by atoms with Gasteiger partial charge in [-0.05, 0) is 78.4 Å². The highest BCUT2D eigenvalue weighted by molar-refractivity contribution is 6.33. The monoisotopic (exact) mass is 541 g/mol. The fourth-order valence-electron chi connectivity index (χ4n) is 4.10. The van der Waals surface area contributed by atoms with Crippen LogP contribution in [0.15, 0.2) is 54.6 Å². The van der Waals surface area contributed by atoms with E-state index < -0.39 is 29.4 Å². The molecule has 0 radical (unpaired) electrons. The number of hydrogen-bond donors (Lipinski definition) is 1. The van der Waals surface area contributed by atoms with Crippen molar-refractivity contribution in [1.82, 2.24) is 4.98 Å². The number of allylic oxidation sites excluding steroid dienone is 2. The van der Waals surface area contributed by atoms with E-state index in [0.717, 1.165) is 24.3 Å². The van der Waals surface area contributed by atoms with E-state index in [4.69, 9.17) is 16.3 Å². The van der Waals surface area contributed by atoms with Crippen LogP contribution in [0.1, 0.15) is 57.7 Å². The van der Waals surface area contributed by atoms with Crippen LogP contribution in [-0.4, -0.2) is 16.1 Å². The third kappa shape index (κ3) is 5.90. The number of nitrogens with zero attached hydrogens (tertiary/aromatic N) is 1. The second-order valence-corrected chi connectivity index (χ2v) is 8.74. The summed E-state index contributed by atoms with van der Waals surface area (Å²) in [6.07, 6.45) is -7.71. The number of alkyl halides is 6. The lowest BCUT2D eigenvalue weighted by Gasteiger charge is -2.17. The van der Waals surface area contributed by atoms with Crippen LogP contribution < -0.4 is 4.74 Å². The molecule has 194 valence electrons. The summed E-state index contributed by atoms with van der Waals surface area (Å²) in [6, 6.07) is 10.1. The van der Waals surface area contributed by atoms with Crippen molar-refractivity contribution in [3.05, 3.63) is 93.3 Å². The van der Waals surface area contributed by atoms with Crippen molar-refractivity contribution >= 4 is 28.7 Å². The number of ether oxygens (including phenoxy) is 1. The summed E-state index contributed by atoms with van der Waals surface area (Å²) in [5, 5.41) is 9.28. The molecule has 0 spiro atoms. The summed E-state index contributed by atoms with van der Waals surface area (Å²) in [5.74, 6) is -1.23. The van der Waals surface area contributed by atoms with Crippen LogP contribution in [-0.2, 0) is 19.0 Å². The molecule has 1 N–H and O–H groups in total. The zero-order valence-corrected chi connectivity index (χ0v) is 19.6. The largest absolute Gasteiger partial charge is 0.488 e. The zero-order chi connectivity index (χ0) is 27.0. The standard InChI is InChI=1S/C26H18ClF6NO3/c27-20-9-10-21(34-23(20)24(35)36)18-3-1-2-17(18)19-12-16(26(31,32)33)8-11-22(19)37-13-14-4-6-15(7-5-14)25(28,29)30/h4-12H,1-3,13H2,(H,35,36). The van der Waals surface area contributed by atoms with Crippen molar-refractivity contribution < 1.29 is 41.0 Å². The topological polar surface area (TPSA) is 59.4 Å². The van der Waals surface area contributed by atoms with Gasteiger partial charge in [0.25, 0.3) is 0 Å². The van der Waals surface area contributed by atoms with Crippen molar-refractivity contribution in [2.75, 3.05) is 0 Å². The number of benzene rings is 2. The van der Waals surface area contributed by atoms with Crippen molar-refractivity contribution in [3.8, 4) is 5.75 Å². The van der Waals surface area contributed by atoms with Gasteiger partial charge in [-0.1, -0.05) is 23.7 Å². The predicted octanol–water partition coefficient (Wildman–Crippen LogP) is 8.14. The minimum Gasteiger partial charge on any atom is -0.488 e. The maximum Gasteiger partial charge on any atom is 0.416 e. The number of hydrogen-bond acceptors (Lipinski definition) is 3. The first-order chi connectivity index (χ1) is 17.3. The number of aromatic carboxylic acids is 1. The van der Waals surface area contributed by atoms with Gasteiger partial charge in [0.1, 0.15) is 12.4 Å². The van der Waals surface area contributed by atoms with Gasteiger partial charge in [-0.3, -0.25) is 0 Å². The van der Waals surface area contributed by atoms with Crippen LogP contribution in [0.4, 0.5) is 26.3 Å². The molecule has 3 aromatic rings. The highest BCUT2D eigenvalue weighted by Crippen LogP contribution is 2.44. The molecule has 1 aliphatic rings. The number of aromatic nitrogens is 1. The van der Waals surface area contributed by atoms with E-state index in [-0.39, 0.29) is 34.3 Å². The number of pyridine rings is 1. The number of rotatable bonds is 6. The average molecular weight is 542 g/mol. The Morgan fingerprint density at radius 1 is 0.892 bits per heavy atom. The van der Waals surface area contributed by atoms with Gasteiger partial charge < -0.3 is 9.84 Å². The second-order valence-electron chi connectivity index (χ2n) is 8.33. The van der Waals surface area contributed by atoms with Crippen LogP contribution in [0, 0.1) is 0 Å². The number of carboxylic acids is 1. The molecule has 11 heteroatoms. The van der Waals surface area contributed by atoms with Gasteiger partial charge in [-0.25, -0.2) is 9.78 Å². The van der Waals surface area contributed by atoms with E-state index in [2.05, 4.69) is 4.98 Å². The maximum absolute atomic E-state index is 13.5. The Bertz CT molecular complexity index is 1360. The van der Waals surface area contributed by atoms with Gasteiger partial charge in [0.05, 0.1) is 21.8 Å². The molecule has 0 saturated heterocycles. The van der Waals surface area contributed by atoms with Crippen LogP contribution in [0.2, 0.25) is 5.02 Å². The Labute approximate surface area is 212 Å². The summed E-state index contributed by atoms with van der Waals surface area (Å²) in [4.78, 5) is 15.6. The van der Waals surface area contributed by atoms with Crippen molar-refractivity contribution in [3.63, 3.8) is 0 Å². The fraction of sp³-hybridized carbons (Fsp3) is 0.231. The van der Waals surface area contributed by atoms with Gasteiger partial charge in [0.2, 0.25) is 0 Å². The molecule has 4 rings (SSSR count). The summed E-state index contributed by atoms with van der Waals surface area (Å²) >= 11 is 5.91. The van der Waals surface area contributed by atoms with E-state index in [1.165, 1.54) is 30.3 Å². The number of carboxylic acid groups (broad SMARTS) is 1. The van der Waals surface area contributed by atoms with Crippen molar-refractivity contribution in [2.45, 2.75) is 38.2 Å². The Kier molecular flexibility index (Phi) is 7.23. The highest BCUT2D eigenvalue weighted by atomic mass is 35.5. The summed E-state index contributed by atoms with van der Waals surface area (Å²) in [7, 11) is 0. The normalized spacial score (nSPS) is 14.2. The molecule has 2 aromatic carbocycles. The van der Waals surface area contributed by atoms with Gasteiger partial charge in [-0.2, -0.15) is 26.3 Å². The molecule has 1 heterocycles. The van der Waals surface area contributed by atoms with Crippen LogP contribution in [0.5, 0.6) is 5.75 Å². The van der Waals surface area contributed by atoms with E-state index in [9.17, 15) is 36.2 Å². The lowest BCUT2D eigenvalue weighted by Crippen LogP contribution is -2.08. The fourth-order valence-corrected chi connectivity index (χ4v) is 4.29. The molecule has 0 saturated carbocycles. The zero-order valence-electron chi connectivity index (χ0n) is 18.9. The lowest BCUT2D eigenvalue weighted by atomic mass is 9.96. The summed E-state index contributed by atoms with van der Waals surface area (Å²) in [5.41, 5.74) is -0.201. The molecule has 0 unspecified atom stereocenters. The molecule has 0 fully saturated rings. The Morgan fingerprint density at radius 3 is 2.14 bits per heavy atom. The van der Waals surface area contributed by atoms with E-state index >= 15 is 0 Å². The van der Waals surface area contributed by atoms with E-state index in [0.29, 0.717) is 36.0 Å². The van der Waals surface area contributed by atoms with Gasteiger partial charge in [0.15, 0.2) is 5.69 Å². The SMILES string of the molecule is O=C(O)c1nc(C2=C(c3cc(C(F)(F)F)ccc3OCc3ccc(C(F)(F)F)cc3)CCC2)ccc1Cl. The Balaban J connectivity index is 1.74. The minimum absolute atomic E-state index is 0.0731. The second kappa shape index (κ2) is 10.1. The molecule has 4 nitrogen and oxygen atoms in total. The third-order valence-electron chi connectivity index (χ3n) is 5.88. The quantitative estimate of drug-likeness (QED) is 0.320. The first kappa shape index (κ1) is 26.5. The predicted molar refractivity (Wildman–Crippen MR) is 124 cm³/mol. The Morgan fingerprint density at radius 2 is 1.51 bits per heavy atom. The number of halogens is 7. The molecular formula is C26H18ClF6NO3. The molecule has 37 heavy (non-hydrogen) atoms. The van der Waals surface area contributed by atoms with Crippen molar-refractivity contribution in [2.24, 2.45) is 0 Å². The summed E-state index contributed by atoms with van der Waals surface area (Å²) < 4.78 is 84.9. The lowest BCUT2D eigenvalue weighted by molar-refractivity contribution is -0.138. The molecule has 0 aliphatic heterocycles. The molecular weight excluding hydrogens is 524 g/mol. The Hall–Kier alpha value is -3.53. The van der Waals surface area contributed by atoms with Crippen LogP contribution in [0.3, 0.4) is 0 Å². The van der Waals surface area contributed by atoms with Crippen LogP contribution in [0.25, 0.3) is 11.1 Å². The van der Waals surface area contributed by atoms with E-state index in [1.54, 1.807) is 0 Å². The van der Waals surface area contributed by atoms with Gasteiger partial charge >= 0.3 is 18.3 Å². The minimum atomic E-state index is -4.63. The first-order valence-electron chi connectivity index (χ1n) is 11.0. The molecule has 0 atom stereocenters. The molecule has 0 bridgehead atoms. The van der Waals surface area contributed by atoms with E-state index in [1.807, 2.05) is 0 Å². The van der Waals surface area contributed by atoms with Crippen LogP contribution >= 0.6 is 11.6 Å². The summed E-state index contributed by atoms with van der Waals surface area (Å²) in [6.45, 7) is -0.179. The van der Waals surface area contributed by atoms with Crippen molar-refractivity contribution in [1.29, 1.82) is 0 Å². The average Bonchev–Trinajstić information content (AvgIpc) is 3.31. The number of carbonyl (C=O) groups is 1. The molecule has 1 aliphatic carbocycles.